The minimum Gasteiger partial charge on any atom is -0.496 e. The molecule has 5 nitrogen and oxygen atoms in total. The quantitative estimate of drug-likeness (QED) is 0.890. The lowest BCUT2D eigenvalue weighted by atomic mass is 10.1. The molecule has 0 saturated carbocycles. The Kier molecular flexibility index (Phi) is 6.01. The lowest BCUT2D eigenvalue weighted by Crippen LogP contribution is -2.40. The van der Waals surface area contributed by atoms with E-state index in [1.54, 1.807) is 25.2 Å². The van der Waals surface area contributed by atoms with Gasteiger partial charge in [-0.1, -0.05) is 15.9 Å². The molecule has 0 spiro atoms. The molecular weight excluding hydrogens is 324 g/mol. The standard InChI is InChI=1S/C14H19BrN2O3/c1-9(2)16-13(18)8-17(3)14(19)11-6-5-10(15)7-12(11)20-4/h5-7,9H,8H2,1-4H3,(H,16,18). The van der Waals surface area contributed by atoms with Crippen molar-refractivity contribution < 1.29 is 14.3 Å². The molecule has 0 bridgehead atoms. The zero-order valence-electron chi connectivity index (χ0n) is 12.1. The van der Waals surface area contributed by atoms with Crippen molar-refractivity contribution >= 4 is 27.7 Å². The summed E-state index contributed by atoms with van der Waals surface area (Å²) in [5.41, 5.74) is 0.426. The lowest BCUT2D eigenvalue weighted by molar-refractivity contribution is -0.122. The number of carbonyl (C=O) groups excluding carboxylic acids is 2. The van der Waals surface area contributed by atoms with Gasteiger partial charge in [0.05, 0.1) is 19.2 Å². The molecule has 0 unspecified atom stereocenters. The van der Waals surface area contributed by atoms with Crippen LogP contribution < -0.4 is 10.1 Å². The van der Waals surface area contributed by atoms with Gasteiger partial charge < -0.3 is 15.0 Å². The third kappa shape index (κ3) is 4.52. The Hall–Kier alpha value is -1.56. The van der Waals surface area contributed by atoms with Crippen molar-refractivity contribution in [1.29, 1.82) is 0 Å². The average Bonchev–Trinajstić information content (AvgIpc) is 2.36. The molecule has 0 aliphatic rings. The number of ether oxygens (including phenoxy) is 1. The summed E-state index contributed by atoms with van der Waals surface area (Å²) in [4.78, 5) is 25.3. The normalized spacial score (nSPS) is 10.3. The molecule has 1 N–H and O–H groups in total. The minimum absolute atomic E-state index is 0.0102. The molecule has 0 aliphatic heterocycles. The summed E-state index contributed by atoms with van der Waals surface area (Å²) in [6, 6.07) is 5.20. The third-order valence-corrected chi connectivity index (χ3v) is 3.06. The van der Waals surface area contributed by atoms with Gasteiger partial charge in [-0.05, 0) is 32.0 Å². The number of nitrogens with zero attached hydrogens (tertiary/aromatic N) is 1. The highest BCUT2D eigenvalue weighted by Gasteiger charge is 2.19. The number of hydrogen-bond donors (Lipinski definition) is 1. The summed E-state index contributed by atoms with van der Waals surface area (Å²) in [5, 5.41) is 2.75. The van der Waals surface area contributed by atoms with Crippen molar-refractivity contribution in [2.24, 2.45) is 0 Å². The highest BCUT2D eigenvalue weighted by atomic mass is 79.9. The van der Waals surface area contributed by atoms with Crippen LogP contribution in [-0.2, 0) is 4.79 Å². The van der Waals surface area contributed by atoms with Crippen LogP contribution >= 0.6 is 15.9 Å². The number of halogens is 1. The molecule has 0 aliphatic carbocycles. The van der Waals surface area contributed by atoms with Gasteiger partial charge >= 0.3 is 0 Å². The summed E-state index contributed by atoms with van der Waals surface area (Å²) >= 11 is 3.32. The molecule has 2 amide bonds. The zero-order chi connectivity index (χ0) is 15.3. The molecule has 110 valence electrons. The van der Waals surface area contributed by atoms with Crippen LogP contribution in [0.1, 0.15) is 24.2 Å². The number of methoxy groups -OCH3 is 1. The van der Waals surface area contributed by atoms with Gasteiger partial charge in [0, 0.05) is 17.6 Å². The van der Waals surface area contributed by atoms with Crippen molar-refractivity contribution in [3.63, 3.8) is 0 Å². The van der Waals surface area contributed by atoms with Crippen LogP contribution in [0.3, 0.4) is 0 Å². The summed E-state index contributed by atoms with van der Waals surface area (Å²) in [6.45, 7) is 3.76. The third-order valence-electron chi connectivity index (χ3n) is 2.57. The van der Waals surface area contributed by atoms with Crippen LogP contribution in [0.15, 0.2) is 22.7 Å². The van der Waals surface area contributed by atoms with Crippen molar-refractivity contribution in [3.05, 3.63) is 28.2 Å². The number of rotatable bonds is 5. The highest BCUT2D eigenvalue weighted by molar-refractivity contribution is 9.10. The molecule has 0 aromatic heterocycles. The molecule has 1 aromatic carbocycles. The summed E-state index contributed by atoms with van der Waals surface area (Å²) in [6.07, 6.45) is 0. The fourth-order valence-corrected chi connectivity index (χ4v) is 2.04. The topological polar surface area (TPSA) is 58.6 Å². The van der Waals surface area contributed by atoms with Gasteiger partial charge in [0.25, 0.3) is 5.91 Å². The minimum atomic E-state index is -0.256. The molecule has 1 aromatic rings. The van der Waals surface area contributed by atoms with Crippen LogP contribution in [0.25, 0.3) is 0 Å². The van der Waals surface area contributed by atoms with Crippen LogP contribution in [-0.4, -0.2) is 43.5 Å². The maximum atomic E-state index is 12.3. The van der Waals surface area contributed by atoms with Gasteiger partial charge in [-0.2, -0.15) is 0 Å². The van der Waals surface area contributed by atoms with E-state index < -0.39 is 0 Å². The van der Waals surface area contributed by atoms with E-state index in [-0.39, 0.29) is 24.4 Å². The molecular formula is C14H19BrN2O3. The molecule has 6 heteroatoms. The van der Waals surface area contributed by atoms with E-state index in [4.69, 9.17) is 4.74 Å². The van der Waals surface area contributed by atoms with E-state index in [0.717, 1.165) is 4.47 Å². The fraction of sp³-hybridized carbons (Fsp3) is 0.429. The van der Waals surface area contributed by atoms with E-state index in [1.807, 2.05) is 13.8 Å². The van der Waals surface area contributed by atoms with Gasteiger partial charge in [-0.15, -0.1) is 0 Å². The first-order valence-electron chi connectivity index (χ1n) is 6.23. The zero-order valence-corrected chi connectivity index (χ0v) is 13.7. The van der Waals surface area contributed by atoms with Crippen LogP contribution in [0, 0.1) is 0 Å². The van der Waals surface area contributed by atoms with Crippen molar-refractivity contribution in [3.8, 4) is 5.75 Å². The second kappa shape index (κ2) is 7.28. The monoisotopic (exact) mass is 342 g/mol. The Morgan fingerprint density at radius 1 is 1.40 bits per heavy atom. The van der Waals surface area contributed by atoms with Gasteiger partial charge in [0.2, 0.25) is 5.91 Å². The number of benzene rings is 1. The Balaban J connectivity index is 2.81. The van der Waals surface area contributed by atoms with Gasteiger partial charge in [-0.3, -0.25) is 9.59 Å². The summed E-state index contributed by atoms with van der Waals surface area (Å²) in [7, 11) is 3.09. The molecule has 0 saturated heterocycles. The molecule has 0 radical (unpaired) electrons. The first-order chi connectivity index (χ1) is 9.35. The Morgan fingerprint density at radius 2 is 2.05 bits per heavy atom. The van der Waals surface area contributed by atoms with Gasteiger partial charge in [-0.25, -0.2) is 0 Å². The van der Waals surface area contributed by atoms with E-state index in [9.17, 15) is 9.59 Å². The molecule has 20 heavy (non-hydrogen) atoms. The van der Waals surface area contributed by atoms with Crippen molar-refractivity contribution in [2.75, 3.05) is 20.7 Å². The first kappa shape index (κ1) is 16.5. The Morgan fingerprint density at radius 3 is 2.60 bits per heavy atom. The van der Waals surface area contributed by atoms with E-state index >= 15 is 0 Å². The molecule has 0 fully saturated rings. The second-order valence-electron chi connectivity index (χ2n) is 4.73. The van der Waals surface area contributed by atoms with E-state index in [0.29, 0.717) is 11.3 Å². The fourth-order valence-electron chi connectivity index (χ4n) is 1.70. The second-order valence-corrected chi connectivity index (χ2v) is 5.64. The van der Waals surface area contributed by atoms with Crippen LogP contribution in [0.2, 0.25) is 0 Å². The van der Waals surface area contributed by atoms with Crippen LogP contribution in [0.5, 0.6) is 5.75 Å². The van der Waals surface area contributed by atoms with Crippen LogP contribution in [0.4, 0.5) is 0 Å². The van der Waals surface area contributed by atoms with Crippen molar-refractivity contribution in [1.82, 2.24) is 10.2 Å². The largest absolute Gasteiger partial charge is 0.496 e. The lowest BCUT2D eigenvalue weighted by Gasteiger charge is -2.19. The maximum absolute atomic E-state index is 12.3. The first-order valence-corrected chi connectivity index (χ1v) is 7.02. The van der Waals surface area contributed by atoms with Gasteiger partial charge in [0.1, 0.15) is 5.75 Å². The summed E-state index contributed by atoms with van der Waals surface area (Å²) < 4.78 is 6.01. The van der Waals surface area contributed by atoms with Crippen molar-refractivity contribution in [2.45, 2.75) is 19.9 Å². The number of carbonyl (C=O) groups is 2. The SMILES string of the molecule is COc1cc(Br)ccc1C(=O)N(C)CC(=O)NC(C)C. The maximum Gasteiger partial charge on any atom is 0.257 e. The van der Waals surface area contributed by atoms with Gasteiger partial charge in [0.15, 0.2) is 0 Å². The summed E-state index contributed by atoms with van der Waals surface area (Å²) in [5.74, 6) is 0.0284. The Labute approximate surface area is 127 Å². The Bertz CT molecular complexity index is 503. The number of nitrogens with one attached hydrogen (secondary N) is 1. The number of amides is 2. The van der Waals surface area contributed by atoms with E-state index in [1.165, 1.54) is 12.0 Å². The smallest absolute Gasteiger partial charge is 0.257 e. The predicted molar refractivity (Wildman–Crippen MR) is 80.9 cm³/mol. The number of hydrogen-bond acceptors (Lipinski definition) is 3. The molecule has 1 rings (SSSR count). The average molecular weight is 343 g/mol. The number of likely N-dealkylation sites (N-methyl/N-ethyl adjacent to an activating group) is 1. The van der Waals surface area contributed by atoms with E-state index in [2.05, 4.69) is 21.2 Å². The molecule has 0 heterocycles. The molecule has 0 atom stereocenters. The predicted octanol–water partition coefficient (Wildman–Crippen LogP) is 2.05. The highest BCUT2D eigenvalue weighted by Crippen LogP contribution is 2.24.